The largest absolute Gasteiger partial charge is 0.496 e. The molecule has 26 heavy (non-hydrogen) atoms. The van der Waals surface area contributed by atoms with Crippen molar-refractivity contribution in [2.75, 3.05) is 14.2 Å². The Morgan fingerprint density at radius 3 is 2.04 bits per heavy atom. The first-order valence-corrected chi connectivity index (χ1v) is 6.31. The number of alkyl halides is 7. The van der Waals surface area contributed by atoms with E-state index < -0.39 is 28.8 Å². The highest BCUT2D eigenvalue weighted by molar-refractivity contribution is 5.85. The van der Waals surface area contributed by atoms with Crippen LogP contribution in [0.3, 0.4) is 0 Å². The summed E-state index contributed by atoms with van der Waals surface area (Å²) in [4.78, 5) is 9.98. The van der Waals surface area contributed by atoms with Crippen LogP contribution in [-0.2, 0) is 0 Å². The molecule has 0 aromatic heterocycles. The van der Waals surface area contributed by atoms with E-state index in [0.717, 1.165) is 26.4 Å². The van der Waals surface area contributed by atoms with Gasteiger partial charge in [0.1, 0.15) is 5.75 Å². The van der Waals surface area contributed by atoms with Crippen molar-refractivity contribution in [3.8, 4) is 11.5 Å². The molecule has 0 amide bonds. The van der Waals surface area contributed by atoms with Crippen LogP contribution < -0.4 is 14.9 Å². The van der Waals surface area contributed by atoms with Gasteiger partial charge in [-0.05, 0) is 0 Å². The Balaban J connectivity index is 3.19. The van der Waals surface area contributed by atoms with Crippen LogP contribution in [0.4, 0.5) is 36.4 Å². The molecule has 14 heteroatoms. The lowest BCUT2D eigenvalue weighted by Gasteiger charge is -2.27. The molecule has 0 spiro atoms. The molecule has 0 saturated carbocycles. The number of nitro benzene ring substituents is 1. The van der Waals surface area contributed by atoms with E-state index in [9.17, 15) is 40.8 Å². The van der Waals surface area contributed by atoms with Crippen molar-refractivity contribution in [2.45, 2.75) is 18.1 Å². The number of nitro groups is 1. The van der Waals surface area contributed by atoms with Crippen molar-refractivity contribution in [1.29, 1.82) is 0 Å². The number of benzene rings is 1. The summed E-state index contributed by atoms with van der Waals surface area (Å²) in [6, 6.07) is -4.06. The van der Waals surface area contributed by atoms with E-state index in [-0.39, 0.29) is 17.1 Å². The summed E-state index contributed by atoms with van der Waals surface area (Å²) in [5, 5.41) is 13.5. The molecule has 1 aromatic carbocycles. The van der Waals surface area contributed by atoms with Crippen LogP contribution in [-0.4, -0.2) is 43.5 Å². The molecule has 0 aliphatic heterocycles. The minimum absolute atomic E-state index is 0.205. The van der Waals surface area contributed by atoms with Gasteiger partial charge in [0.25, 0.3) is 0 Å². The summed E-state index contributed by atoms with van der Waals surface area (Å²) in [6.07, 6.45) is -6.18. The molecule has 1 N–H and O–H groups in total. The fraction of sp³-hybridized carbons (Fsp3) is 0.417. The van der Waals surface area contributed by atoms with Crippen molar-refractivity contribution >= 4 is 11.9 Å². The summed E-state index contributed by atoms with van der Waals surface area (Å²) in [6.45, 7) is 0. The molecule has 0 aliphatic carbocycles. The first-order valence-electron chi connectivity index (χ1n) is 6.31. The molecule has 0 heterocycles. The Morgan fingerprint density at radius 2 is 1.62 bits per heavy atom. The molecule has 0 atom stereocenters. The fourth-order valence-corrected chi connectivity index (χ4v) is 1.58. The van der Waals surface area contributed by atoms with Gasteiger partial charge in [-0.25, -0.2) is 5.43 Å². The van der Waals surface area contributed by atoms with Gasteiger partial charge in [0.05, 0.1) is 25.4 Å². The maximum atomic E-state index is 13.1. The number of methoxy groups -OCH3 is 2. The summed E-state index contributed by atoms with van der Waals surface area (Å²) < 4.78 is 97.0. The number of halogens is 7. The molecule has 0 radical (unpaired) electrons. The number of nitrogens with one attached hydrogen (secondary N) is 1. The predicted molar refractivity (Wildman–Crippen MR) is 72.9 cm³/mol. The van der Waals surface area contributed by atoms with E-state index in [4.69, 9.17) is 9.47 Å². The van der Waals surface area contributed by atoms with Gasteiger partial charge in [0.2, 0.25) is 5.75 Å². The van der Waals surface area contributed by atoms with Gasteiger partial charge >= 0.3 is 23.8 Å². The Bertz CT molecular complexity index is 707. The van der Waals surface area contributed by atoms with Gasteiger partial charge < -0.3 is 9.47 Å². The van der Waals surface area contributed by atoms with Crippen molar-refractivity contribution in [1.82, 2.24) is 5.43 Å². The number of hydrazone groups is 1. The van der Waals surface area contributed by atoms with E-state index in [1.807, 2.05) is 0 Å². The van der Waals surface area contributed by atoms with Gasteiger partial charge in [0, 0.05) is 17.7 Å². The molecule has 0 bridgehead atoms. The maximum Gasteiger partial charge on any atom is 0.462 e. The Hall–Kier alpha value is -2.80. The molecule has 7 nitrogen and oxygen atoms in total. The smallest absolute Gasteiger partial charge is 0.462 e. The quantitative estimate of drug-likeness (QED) is 0.253. The number of rotatable bonds is 7. The molecule has 1 aromatic rings. The third-order valence-corrected chi connectivity index (χ3v) is 2.89. The zero-order chi connectivity index (χ0) is 20.3. The molecule has 0 fully saturated rings. The zero-order valence-electron chi connectivity index (χ0n) is 12.9. The lowest BCUT2D eigenvalue weighted by Crippen LogP contribution is -2.58. The summed E-state index contributed by atoms with van der Waals surface area (Å²) >= 11 is 0. The van der Waals surface area contributed by atoms with Crippen LogP contribution in [0.25, 0.3) is 0 Å². The number of ether oxygens (including phenoxy) is 2. The standard InChI is InChI=1S/C12H10F7N3O4/c1-25-8-4-9(26-2)7(22(23)24)3-6(8)5-20-21-12(18,19)10(13,14)11(15,16)17/h3-5,21H,1-2H3/b20-5+. The first kappa shape index (κ1) is 21.2. The highest BCUT2D eigenvalue weighted by Gasteiger charge is 2.73. The zero-order valence-corrected chi connectivity index (χ0v) is 12.9. The van der Waals surface area contributed by atoms with Crippen LogP contribution >= 0.6 is 0 Å². The number of hydrogen-bond acceptors (Lipinski definition) is 6. The van der Waals surface area contributed by atoms with Crippen LogP contribution in [0.2, 0.25) is 0 Å². The molecule has 146 valence electrons. The van der Waals surface area contributed by atoms with Crippen LogP contribution in [0.5, 0.6) is 11.5 Å². The van der Waals surface area contributed by atoms with Gasteiger partial charge in [-0.3, -0.25) is 10.1 Å². The molecule has 0 unspecified atom stereocenters. The second kappa shape index (κ2) is 7.21. The average molecular weight is 393 g/mol. The van der Waals surface area contributed by atoms with E-state index in [1.54, 1.807) is 0 Å². The monoisotopic (exact) mass is 393 g/mol. The van der Waals surface area contributed by atoms with Crippen LogP contribution in [0.1, 0.15) is 5.56 Å². The molecular formula is C12H10F7N3O4. The summed E-state index contributed by atoms with van der Waals surface area (Å²) in [7, 11) is 2.18. The predicted octanol–water partition coefficient (Wildman–Crippen LogP) is 3.33. The highest BCUT2D eigenvalue weighted by atomic mass is 19.4. The van der Waals surface area contributed by atoms with E-state index in [0.29, 0.717) is 11.6 Å². The van der Waals surface area contributed by atoms with E-state index >= 15 is 0 Å². The normalized spacial score (nSPS) is 13.0. The fourth-order valence-electron chi connectivity index (χ4n) is 1.58. The van der Waals surface area contributed by atoms with Crippen LogP contribution in [0, 0.1) is 10.1 Å². The minimum Gasteiger partial charge on any atom is -0.496 e. The second-order valence-corrected chi connectivity index (χ2v) is 4.54. The third kappa shape index (κ3) is 4.05. The van der Waals surface area contributed by atoms with Crippen molar-refractivity contribution in [3.05, 3.63) is 27.8 Å². The lowest BCUT2D eigenvalue weighted by molar-refractivity contribution is -0.385. The van der Waals surface area contributed by atoms with E-state index in [1.165, 1.54) is 0 Å². The van der Waals surface area contributed by atoms with Gasteiger partial charge in [-0.15, -0.1) is 0 Å². The molecule has 1 rings (SSSR count). The maximum absolute atomic E-state index is 13.1. The summed E-state index contributed by atoms with van der Waals surface area (Å²) in [5.74, 6) is -6.89. The third-order valence-electron chi connectivity index (χ3n) is 2.89. The second-order valence-electron chi connectivity index (χ2n) is 4.54. The average Bonchev–Trinajstić information content (AvgIpc) is 2.52. The molecular weight excluding hydrogens is 383 g/mol. The summed E-state index contributed by atoms with van der Waals surface area (Å²) in [5.41, 5.74) is -0.621. The number of nitrogens with zero attached hydrogens (tertiary/aromatic N) is 2. The van der Waals surface area contributed by atoms with E-state index in [2.05, 4.69) is 5.10 Å². The van der Waals surface area contributed by atoms with Gasteiger partial charge in [-0.2, -0.15) is 35.8 Å². The molecule has 0 saturated heterocycles. The van der Waals surface area contributed by atoms with Crippen molar-refractivity contribution < 1.29 is 45.1 Å². The van der Waals surface area contributed by atoms with Gasteiger partial charge in [0.15, 0.2) is 0 Å². The minimum atomic E-state index is -6.53. The van der Waals surface area contributed by atoms with Crippen LogP contribution in [0.15, 0.2) is 17.2 Å². The highest BCUT2D eigenvalue weighted by Crippen LogP contribution is 2.45. The SMILES string of the molecule is COc1cc(OC)c([N+](=O)[O-])cc1/C=N/NC(F)(F)C(F)(F)C(F)(F)F. The Kier molecular flexibility index (Phi) is 5.89. The van der Waals surface area contributed by atoms with Crippen molar-refractivity contribution in [3.63, 3.8) is 0 Å². The number of hydrogen-bond donors (Lipinski definition) is 1. The lowest BCUT2D eigenvalue weighted by atomic mass is 10.1. The van der Waals surface area contributed by atoms with Gasteiger partial charge in [-0.1, -0.05) is 0 Å². The Morgan fingerprint density at radius 1 is 1.08 bits per heavy atom. The van der Waals surface area contributed by atoms with Crippen molar-refractivity contribution in [2.24, 2.45) is 5.10 Å². The first-order chi connectivity index (χ1) is 11.8. The topological polar surface area (TPSA) is 86.0 Å². The Labute approximate surface area is 140 Å². The molecule has 0 aliphatic rings.